The van der Waals surface area contributed by atoms with Gasteiger partial charge in [0.2, 0.25) is 11.8 Å². The summed E-state index contributed by atoms with van der Waals surface area (Å²) in [5, 5.41) is 2.86. The van der Waals surface area contributed by atoms with Crippen LogP contribution in [0.5, 0.6) is 17.2 Å². The van der Waals surface area contributed by atoms with Gasteiger partial charge >= 0.3 is 0 Å². The van der Waals surface area contributed by atoms with Gasteiger partial charge in [-0.15, -0.1) is 6.58 Å². The Morgan fingerprint density at radius 2 is 1.94 bits per heavy atom. The van der Waals surface area contributed by atoms with Gasteiger partial charge in [0.1, 0.15) is 5.75 Å². The Kier molecular flexibility index (Phi) is 8.75. The lowest BCUT2D eigenvalue weighted by Crippen LogP contribution is -2.33. The molecule has 0 spiro atoms. The van der Waals surface area contributed by atoms with Crippen LogP contribution in [0, 0.1) is 0 Å². The highest BCUT2D eigenvalue weighted by Gasteiger charge is 2.16. The highest BCUT2D eigenvalue weighted by molar-refractivity contribution is 5.94. The zero-order valence-electron chi connectivity index (χ0n) is 19.4. The minimum atomic E-state index is 0.0462. The molecular formula is C26H32N2O5. The number of benzene rings is 2. The SMILES string of the molecule is C=CCN(CCc1ccc(OC)c(OC)c1)C(=O)CCCOc1ccc2c(c1)CCC(=O)N2. The van der Waals surface area contributed by atoms with E-state index in [0.29, 0.717) is 63.3 Å². The third-order valence-electron chi connectivity index (χ3n) is 5.60. The number of amides is 2. The van der Waals surface area contributed by atoms with Crippen molar-refractivity contribution in [3.8, 4) is 17.2 Å². The highest BCUT2D eigenvalue weighted by Crippen LogP contribution is 2.28. The van der Waals surface area contributed by atoms with Crippen molar-refractivity contribution in [1.29, 1.82) is 0 Å². The van der Waals surface area contributed by atoms with E-state index in [2.05, 4.69) is 11.9 Å². The van der Waals surface area contributed by atoms with Crippen molar-refractivity contribution in [2.45, 2.75) is 32.1 Å². The van der Waals surface area contributed by atoms with Gasteiger partial charge in [0, 0.05) is 31.6 Å². The molecule has 1 N–H and O–H groups in total. The molecule has 0 unspecified atom stereocenters. The van der Waals surface area contributed by atoms with Crippen molar-refractivity contribution in [2.24, 2.45) is 0 Å². The number of methoxy groups -OCH3 is 2. The van der Waals surface area contributed by atoms with Crippen LogP contribution in [0.2, 0.25) is 0 Å². The van der Waals surface area contributed by atoms with Gasteiger partial charge in [0.05, 0.1) is 20.8 Å². The van der Waals surface area contributed by atoms with Gasteiger partial charge < -0.3 is 24.4 Å². The van der Waals surface area contributed by atoms with Crippen LogP contribution in [-0.2, 0) is 22.4 Å². The maximum atomic E-state index is 12.7. The molecule has 0 aliphatic carbocycles. The standard InChI is InChI=1S/C26H32N2O5/c1-4-14-28(15-13-19-7-11-23(31-2)24(17-19)32-3)26(30)6-5-16-33-21-9-10-22-20(18-21)8-12-25(29)27-22/h4,7,9-11,17-18H,1,5-6,8,12-16H2,2-3H3,(H,27,29). The second-order valence-electron chi connectivity index (χ2n) is 7.89. The number of nitrogens with zero attached hydrogens (tertiary/aromatic N) is 1. The Labute approximate surface area is 195 Å². The first-order valence-electron chi connectivity index (χ1n) is 11.2. The van der Waals surface area contributed by atoms with Crippen molar-refractivity contribution >= 4 is 17.5 Å². The van der Waals surface area contributed by atoms with E-state index in [4.69, 9.17) is 14.2 Å². The fourth-order valence-corrected chi connectivity index (χ4v) is 3.79. The predicted molar refractivity (Wildman–Crippen MR) is 128 cm³/mol. The van der Waals surface area contributed by atoms with Crippen LogP contribution in [0.25, 0.3) is 0 Å². The van der Waals surface area contributed by atoms with Gasteiger partial charge in [0.15, 0.2) is 11.5 Å². The molecule has 0 fully saturated rings. The van der Waals surface area contributed by atoms with Crippen LogP contribution in [0.15, 0.2) is 49.1 Å². The first-order chi connectivity index (χ1) is 16.0. The lowest BCUT2D eigenvalue weighted by molar-refractivity contribution is -0.130. The summed E-state index contributed by atoms with van der Waals surface area (Å²) in [7, 11) is 3.22. The lowest BCUT2D eigenvalue weighted by atomic mass is 10.0. The Hall–Kier alpha value is -3.48. The summed E-state index contributed by atoms with van der Waals surface area (Å²) in [5.41, 5.74) is 3.00. The topological polar surface area (TPSA) is 77.1 Å². The number of hydrogen-bond acceptors (Lipinski definition) is 5. The smallest absolute Gasteiger partial charge is 0.224 e. The monoisotopic (exact) mass is 452 g/mol. The Balaban J connectivity index is 1.46. The van der Waals surface area contributed by atoms with E-state index in [1.807, 2.05) is 41.3 Å². The van der Waals surface area contributed by atoms with Crippen molar-refractivity contribution in [3.63, 3.8) is 0 Å². The highest BCUT2D eigenvalue weighted by atomic mass is 16.5. The molecule has 2 aromatic rings. The minimum absolute atomic E-state index is 0.0462. The molecule has 0 saturated carbocycles. The Morgan fingerprint density at radius 3 is 2.70 bits per heavy atom. The normalized spacial score (nSPS) is 12.4. The van der Waals surface area contributed by atoms with Crippen LogP contribution in [0.1, 0.15) is 30.4 Å². The number of ether oxygens (including phenoxy) is 3. The molecule has 0 atom stereocenters. The van der Waals surface area contributed by atoms with Gasteiger partial charge in [-0.25, -0.2) is 0 Å². The van der Waals surface area contributed by atoms with Crippen LogP contribution < -0.4 is 19.5 Å². The van der Waals surface area contributed by atoms with E-state index in [1.54, 1.807) is 20.3 Å². The molecule has 0 radical (unpaired) electrons. The molecule has 1 aliphatic rings. The summed E-state index contributed by atoms with van der Waals surface area (Å²) in [4.78, 5) is 26.0. The number of nitrogens with one attached hydrogen (secondary N) is 1. The van der Waals surface area contributed by atoms with E-state index < -0.39 is 0 Å². The molecule has 33 heavy (non-hydrogen) atoms. The summed E-state index contributed by atoms with van der Waals surface area (Å²) in [6, 6.07) is 11.5. The molecule has 1 aliphatic heterocycles. The van der Waals surface area contributed by atoms with Gasteiger partial charge in [-0.2, -0.15) is 0 Å². The maximum Gasteiger partial charge on any atom is 0.224 e. The number of fused-ring (bicyclic) bond motifs is 1. The number of aryl methyl sites for hydroxylation is 1. The van der Waals surface area contributed by atoms with Gasteiger partial charge in [-0.1, -0.05) is 12.1 Å². The second kappa shape index (κ2) is 11.9. The molecule has 7 nitrogen and oxygen atoms in total. The van der Waals surface area contributed by atoms with E-state index in [1.165, 1.54) is 0 Å². The number of rotatable bonds is 12. The zero-order chi connectivity index (χ0) is 23.6. The molecule has 0 aromatic heterocycles. The average Bonchev–Trinajstić information content (AvgIpc) is 2.84. The molecule has 2 amide bonds. The van der Waals surface area contributed by atoms with E-state index in [-0.39, 0.29) is 11.8 Å². The van der Waals surface area contributed by atoms with Crippen molar-refractivity contribution in [3.05, 3.63) is 60.2 Å². The number of carbonyl (C=O) groups excluding carboxylic acids is 2. The molecule has 2 aromatic carbocycles. The molecule has 176 valence electrons. The molecule has 0 saturated heterocycles. The molecular weight excluding hydrogens is 420 g/mol. The Bertz CT molecular complexity index is 989. The number of carbonyl (C=O) groups is 2. The van der Waals surface area contributed by atoms with Crippen molar-refractivity contribution in [1.82, 2.24) is 4.90 Å². The number of hydrogen-bond donors (Lipinski definition) is 1. The summed E-state index contributed by atoms with van der Waals surface area (Å²) < 4.78 is 16.5. The zero-order valence-corrected chi connectivity index (χ0v) is 19.4. The molecule has 3 rings (SSSR count). The average molecular weight is 453 g/mol. The largest absolute Gasteiger partial charge is 0.494 e. The quantitative estimate of drug-likeness (QED) is 0.389. The van der Waals surface area contributed by atoms with Crippen LogP contribution in [0.4, 0.5) is 5.69 Å². The van der Waals surface area contributed by atoms with Gasteiger partial charge in [0.25, 0.3) is 0 Å². The van der Waals surface area contributed by atoms with Crippen molar-refractivity contribution < 1.29 is 23.8 Å². The Morgan fingerprint density at radius 1 is 1.12 bits per heavy atom. The third kappa shape index (κ3) is 6.75. The summed E-state index contributed by atoms with van der Waals surface area (Å²) in [5.74, 6) is 2.24. The third-order valence-corrected chi connectivity index (χ3v) is 5.60. The summed E-state index contributed by atoms with van der Waals surface area (Å²) in [6.07, 6.45) is 4.69. The van der Waals surface area contributed by atoms with Gasteiger partial charge in [-0.3, -0.25) is 9.59 Å². The first-order valence-corrected chi connectivity index (χ1v) is 11.2. The summed E-state index contributed by atoms with van der Waals surface area (Å²) in [6.45, 7) is 5.33. The van der Waals surface area contributed by atoms with E-state index >= 15 is 0 Å². The summed E-state index contributed by atoms with van der Waals surface area (Å²) >= 11 is 0. The first kappa shape index (κ1) is 24.2. The van der Waals surface area contributed by atoms with Crippen LogP contribution >= 0.6 is 0 Å². The van der Waals surface area contributed by atoms with Crippen LogP contribution in [0.3, 0.4) is 0 Å². The van der Waals surface area contributed by atoms with Crippen LogP contribution in [-0.4, -0.2) is 50.6 Å². The minimum Gasteiger partial charge on any atom is -0.494 e. The number of anilines is 1. The van der Waals surface area contributed by atoms with Gasteiger partial charge in [-0.05, 0) is 60.7 Å². The maximum absolute atomic E-state index is 12.7. The van der Waals surface area contributed by atoms with Crippen molar-refractivity contribution in [2.75, 3.05) is 39.2 Å². The fourth-order valence-electron chi connectivity index (χ4n) is 3.79. The second-order valence-corrected chi connectivity index (χ2v) is 7.89. The molecule has 1 heterocycles. The molecule has 0 bridgehead atoms. The fraction of sp³-hybridized carbons (Fsp3) is 0.385. The predicted octanol–water partition coefficient (Wildman–Crippen LogP) is 4.00. The lowest BCUT2D eigenvalue weighted by Gasteiger charge is -2.22. The van der Waals surface area contributed by atoms with E-state index in [9.17, 15) is 9.59 Å². The van der Waals surface area contributed by atoms with E-state index in [0.717, 1.165) is 22.6 Å². The molecule has 7 heteroatoms.